The van der Waals surface area contributed by atoms with Gasteiger partial charge in [0.15, 0.2) is 5.69 Å². The number of hydrogen-bond donors (Lipinski definition) is 1. The Bertz CT molecular complexity index is 597. The average molecular weight is 352 g/mol. The first-order valence-electron chi connectivity index (χ1n) is 8.83. The summed E-state index contributed by atoms with van der Waals surface area (Å²) < 4.78 is 10.7. The number of likely N-dealkylation sites (N-methyl/N-ethyl adjacent to an activating group) is 1. The minimum atomic E-state index is -0.108. The molecule has 0 aliphatic carbocycles. The zero-order chi connectivity index (χ0) is 18.0. The fourth-order valence-electron chi connectivity index (χ4n) is 3.66. The Morgan fingerprint density at radius 1 is 1.32 bits per heavy atom. The fraction of sp³-hybridized carbons (Fsp3) is 0.765. The van der Waals surface area contributed by atoms with Gasteiger partial charge in [-0.05, 0) is 21.0 Å². The lowest BCUT2D eigenvalue weighted by Gasteiger charge is -2.26. The normalized spacial score (nSPS) is 25.1. The lowest BCUT2D eigenvalue weighted by Crippen LogP contribution is -2.38. The number of aryl methyl sites for hydroxylation is 1. The largest absolute Gasteiger partial charge is 0.396 e. The van der Waals surface area contributed by atoms with Gasteiger partial charge in [-0.3, -0.25) is 9.69 Å². The number of likely N-dealkylation sites (tertiary alicyclic amines) is 1. The summed E-state index contributed by atoms with van der Waals surface area (Å²) in [6.45, 7) is 6.82. The number of rotatable bonds is 5. The van der Waals surface area contributed by atoms with Crippen LogP contribution in [0.4, 0.5) is 0 Å². The topological polar surface area (TPSA) is 82.3 Å². The van der Waals surface area contributed by atoms with E-state index in [1.54, 1.807) is 4.90 Å². The van der Waals surface area contributed by atoms with Crippen LogP contribution < -0.4 is 0 Å². The van der Waals surface area contributed by atoms with E-state index in [0.717, 1.165) is 18.7 Å². The van der Waals surface area contributed by atoms with E-state index in [4.69, 9.17) is 9.26 Å². The molecule has 1 N–H and O–H groups in total. The number of aliphatic hydroxyl groups excluding tert-OH is 1. The van der Waals surface area contributed by atoms with Crippen LogP contribution in [0, 0.1) is 12.8 Å². The molecule has 1 aromatic heterocycles. The first kappa shape index (κ1) is 18.3. The molecule has 2 aliphatic rings. The molecule has 3 heterocycles. The van der Waals surface area contributed by atoms with Crippen LogP contribution >= 0.6 is 0 Å². The highest BCUT2D eigenvalue weighted by atomic mass is 16.5. The molecule has 0 saturated carbocycles. The summed E-state index contributed by atoms with van der Waals surface area (Å²) >= 11 is 0. The third-order valence-electron chi connectivity index (χ3n) is 5.26. The van der Waals surface area contributed by atoms with Crippen molar-refractivity contribution in [3.8, 4) is 0 Å². The van der Waals surface area contributed by atoms with Crippen molar-refractivity contribution >= 4 is 5.91 Å². The number of amides is 1. The van der Waals surface area contributed by atoms with Crippen LogP contribution in [-0.2, 0) is 11.3 Å². The van der Waals surface area contributed by atoms with Gasteiger partial charge < -0.3 is 24.2 Å². The highest BCUT2D eigenvalue weighted by Crippen LogP contribution is 2.24. The lowest BCUT2D eigenvalue weighted by molar-refractivity contribution is 0.0338. The molecule has 2 fully saturated rings. The quantitative estimate of drug-likeness (QED) is 0.786. The van der Waals surface area contributed by atoms with Crippen molar-refractivity contribution in [2.75, 3.05) is 60.1 Å². The number of aromatic nitrogens is 1. The fourth-order valence-corrected chi connectivity index (χ4v) is 3.66. The van der Waals surface area contributed by atoms with E-state index in [-0.39, 0.29) is 24.5 Å². The summed E-state index contributed by atoms with van der Waals surface area (Å²) in [6, 6.07) is 0.157. The maximum atomic E-state index is 13.0. The predicted octanol–water partition coefficient (Wildman–Crippen LogP) is -0.190. The number of carbonyl (C=O) groups excluding carboxylic acids is 1. The van der Waals surface area contributed by atoms with Gasteiger partial charge in [0, 0.05) is 56.9 Å². The van der Waals surface area contributed by atoms with Gasteiger partial charge in [-0.1, -0.05) is 5.16 Å². The molecule has 0 unspecified atom stereocenters. The Morgan fingerprint density at radius 3 is 2.64 bits per heavy atom. The molecule has 0 spiro atoms. The Balaban J connectivity index is 1.74. The third kappa shape index (κ3) is 3.87. The number of aliphatic hydroxyl groups is 1. The standard InChI is InChI=1S/C17H28N4O4/c1-12-14(9-20-4-6-24-7-5-20)16(18-25-12)17(23)21-8-13(11-22)15(10-21)19(2)3/h13,15,22H,4-11H2,1-3H3/t13-,15+/m0/s1. The van der Waals surface area contributed by atoms with E-state index in [1.165, 1.54) is 0 Å². The Kier molecular flexibility index (Phi) is 5.73. The van der Waals surface area contributed by atoms with Gasteiger partial charge in [0.05, 0.1) is 13.2 Å². The van der Waals surface area contributed by atoms with Crippen LogP contribution in [0.5, 0.6) is 0 Å². The smallest absolute Gasteiger partial charge is 0.276 e. The van der Waals surface area contributed by atoms with Crippen molar-refractivity contribution in [2.24, 2.45) is 5.92 Å². The van der Waals surface area contributed by atoms with Crippen LogP contribution in [-0.4, -0.2) is 97.0 Å². The first-order valence-corrected chi connectivity index (χ1v) is 8.83. The van der Waals surface area contributed by atoms with E-state index in [1.807, 2.05) is 21.0 Å². The zero-order valence-corrected chi connectivity index (χ0v) is 15.3. The van der Waals surface area contributed by atoms with E-state index >= 15 is 0 Å². The number of ether oxygens (including phenoxy) is 1. The maximum Gasteiger partial charge on any atom is 0.276 e. The predicted molar refractivity (Wildman–Crippen MR) is 91.3 cm³/mol. The molecular weight excluding hydrogens is 324 g/mol. The van der Waals surface area contributed by atoms with Gasteiger partial charge in [0.25, 0.3) is 5.91 Å². The molecule has 25 heavy (non-hydrogen) atoms. The molecule has 2 atom stereocenters. The van der Waals surface area contributed by atoms with Crippen molar-refractivity contribution < 1.29 is 19.2 Å². The second-order valence-corrected chi connectivity index (χ2v) is 7.14. The molecule has 2 saturated heterocycles. The summed E-state index contributed by atoms with van der Waals surface area (Å²) in [4.78, 5) is 19.1. The van der Waals surface area contributed by atoms with Gasteiger partial charge in [0.1, 0.15) is 5.76 Å². The van der Waals surface area contributed by atoms with E-state index in [2.05, 4.69) is 15.0 Å². The highest BCUT2D eigenvalue weighted by Gasteiger charge is 2.38. The Hall–Kier alpha value is -1.48. The monoisotopic (exact) mass is 352 g/mol. The Labute approximate surface area is 148 Å². The average Bonchev–Trinajstić information content (AvgIpc) is 3.20. The minimum absolute atomic E-state index is 0.0645. The zero-order valence-electron chi connectivity index (χ0n) is 15.3. The maximum absolute atomic E-state index is 13.0. The van der Waals surface area contributed by atoms with Gasteiger partial charge in [-0.2, -0.15) is 0 Å². The van der Waals surface area contributed by atoms with Crippen LogP contribution in [0.3, 0.4) is 0 Å². The number of nitrogens with zero attached hydrogens (tertiary/aromatic N) is 4. The van der Waals surface area contributed by atoms with Crippen molar-refractivity contribution in [1.82, 2.24) is 19.9 Å². The molecule has 0 aromatic carbocycles. The molecule has 2 aliphatic heterocycles. The van der Waals surface area contributed by atoms with Gasteiger partial charge in [0.2, 0.25) is 0 Å². The molecular formula is C17H28N4O4. The molecule has 0 radical (unpaired) electrons. The molecule has 0 bridgehead atoms. The Morgan fingerprint density at radius 2 is 2.04 bits per heavy atom. The van der Waals surface area contributed by atoms with Crippen LogP contribution in [0.1, 0.15) is 21.8 Å². The third-order valence-corrected chi connectivity index (χ3v) is 5.26. The number of morpholine rings is 1. The van der Waals surface area contributed by atoms with Crippen molar-refractivity contribution in [3.63, 3.8) is 0 Å². The summed E-state index contributed by atoms with van der Waals surface area (Å²) in [5.74, 6) is 0.648. The SMILES string of the molecule is Cc1onc(C(=O)N2C[C@@H](CO)[C@H](N(C)C)C2)c1CN1CCOCC1. The molecule has 1 aromatic rings. The molecule has 3 rings (SSSR count). The van der Waals surface area contributed by atoms with Crippen molar-refractivity contribution in [2.45, 2.75) is 19.5 Å². The summed E-state index contributed by atoms with van der Waals surface area (Å²) in [5, 5.41) is 13.7. The second kappa shape index (κ2) is 7.82. The van der Waals surface area contributed by atoms with Gasteiger partial charge in [-0.25, -0.2) is 0 Å². The molecule has 1 amide bonds. The minimum Gasteiger partial charge on any atom is -0.396 e. The second-order valence-electron chi connectivity index (χ2n) is 7.14. The van der Waals surface area contributed by atoms with E-state index < -0.39 is 0 Å². The molecule has 8 nitrogen and oxygen atoms in total. The number of hydrogen-bond acceptors (Lipinski definition) is 7. The summed E-state index contributed by atoms with van der Waals surface area (Å²) in [6.07, 6.45) is 0. The summed E-state index contributed by atoms with van der Waals surface area (Å²) in [5.41, 5.74) is 1.26. The first-order chi connectivity index (χ1) is 12.0. The van der Waals surface area contributed by atoms with Gasteiger partial charge >= 0.3 is 0 Å². The van der Waals surface area contributed by atoms with E-state index in [9.17, 15) is 9.90 Å². The van der Waals surface area contributed by atoms with Crippen LogP contribution in [0.15, 0.2) is 4.52 Å². The van der Waals surface area contributed by atoms with E-state index in [0.29, 0.717) is 44.3 Å². The van der Waals surface area contributed by atoms with Gasteiger partial charge in [-0.15, -0.1) is 0 Å². The van der Waals surface area contributed by atoms with Crippen LogP contribution in [0.2, 0.25) is 0 Å². The summed E-state index contributed by atoms with van der Waals surface area (Å²) in [7, 11) is 3.96. The lowest BCUT2D eigenvalue weighted by atomic mass is 10.0. The molecule has 140 valence electrons. The molecule has 8 heteroatoms. The van der Waals surface area contributed by atoms with Crippen molar-refractivity contribution in [3.05, 3.63) is 17.0 Å². The van der Waals surface area contributed by atoms with Crippen LogP contribution in [0.25, 0.3) is 0 Å². The number of carbonyl (C=O) groups is 1. The highest BCUT2D eigenvalue weighted by molar-refractivity contribution is 5.94. The van der Waals surface area contributed by atoms with Crippen molar-refractivity contribution in [1.29, 1.82) is 0 Å².